The maximum absolute atomic E-state index is 12.8. The van der Waals surface area contributed by atoms with Crippen LogP contribution in [0.2, 0.25) is 0 Å². The third-order valence-electron chi connectivity index (χ3n) is 5.67. The lowest BCUT2D eigenvalue weighted by molar-refractivity contribution is 0.209. The van der Waals surface area contributed by atoms with Crippen LogP contribution in [0.25, 0.3) is 6.08 Å². The molecule has 0 bridgehead atoms. The first-order valence-corrected chi connectivity index (χ1v) is 11.8. The monoisotopic (exact) mass is 424 g/mol. The fourth-order valence-electron chi connectivity index (χ4n) is 4.25. The summed E-state index contributed by atoms with van der Waals surface area (Å²) < 4.78 is 23.4. The van der Waals surface area contributed by atoms with Crippen molar-refractivity contribution >= 4 is 22.6 Å². The van der Waals surface area contributed by atoms with Gasteiger partial charge in [0.25, 0.3) is 0 Å². The smallest absolute Gasteiger partial charge is 0.118 e. The number of rotatable bonds is 6. The largest absolute Gasteiger partial charge is 0.497 e. The minimum Gasteiger partial charge on any atom is -0.497 e. The van der Waals surface area contributed by atoms with Gasteiger partial charge >= 0.3 is 0 Å². The molecule has 2 heterocycles. The summed E-state index contributed by atoms with van der Waals surface area (Å²) in [5.41, 5.74) is 4.42. The summed E-state index contributed by atoms with van der Waals surface area (Å²) in [5.74, 6) is 3.00. The van der Waals surface area contributed by atoms with Gasteiger partial charge in [-0.05, 0) is 53.5 Å². The van der Waals surface area contributed by atoms with Crippen molar-refractivity contribution in [3.8, 4) is 11.5 Å². The van der Waals surface area contributed by atoms with Crippen LogP contribution in [-0.4, -0.2) is 47.2 Å². The molecule has 3 atom stereocenters. The van der Waals surface area contributed by atoms with Crippen LogP contribution in [0.3, 0.4) is 0 Å². The van der Waals surface area contributed by atoms with Gasteiger partial charge in [-0.1, -0.05) is 31.2 Å². The molecule has 1 saturated heterocycles. The normalized spacial score (nSPS) is 24.5. The Bertz CT molecular complexity index is 967. The molecule has 0 radical (unpaired) electrons. The second-order valence-electron chi connectivity index (χ2n) is 7.67. The van der Waals surface area contributed by atoms with E-state index in [4.69, 9.17) is 14.6 Å². The van der Waals surface area contributed by atoms with Gasteiger partial charge in [0, 0.05) is 29.0 Å². The predicted octanol–water partition coefficient (Wildman–Crippen LogP) is 4.29. The minimum atomic E-state index is -0.905. The predicted molar refractivity (Wildman–Crippen MR) is 123 cm³/mol. The van der Waals surface area contributed by atoms with Gasteiger partial charge < -0.3 is 9.47 Å². The molecule has 3 unspecified atom stereocenters. The molecule has 1 fully saturated rings. The fraction of sp³-hybridized carbons (Fsp3) is 0.375. The van der Waals surface area contributed by atoms with Crippen LogP contribution in [0.4, 0.5) is 0 Å². The Hall–Kier alpha value is -2.60. The molecular formula is C24H28N2O3S. The Morgan fingerprint density at radius 3 is 2.30 bits per heavy atom. The number of fused-ring (bicyclic) bond motifs is 1. The van der Waals surface area contributed by atoms with Crippen molar-refractivity contribution in [1.29, 1.82) is 0 Å². The highest BCUT2D eigenvalue weighted by molar-refractivity contribution is 7.85. The maximum Gasteiger partial charge on any atom is 0.118 e. The van der Waals surface area contributed by atoms with Crippen molar-refractivity contribution in [2.45, 2.75) is 19.4 Å². The highest BCUT2D eigenvalue weighted by Crippen LogP contribution is 2.41. The van der Waals surface area contributed by atoms with Crippen molar-refractivity contribution < 1.29 is 13.7 Å². The first-order valence-electron chi connectivity index (χ1n) is 10.3. The number of hydrazone groups is 1. The molecule has 158 valence electrons. The molecule has 0 saturated carbocycles. The summed E-state index contributed by atoms with van der Waals surface area (Å²) in [6, 6.07) is 16.3. The highest BCUT2D eigenvalue weighted by atomic mass is 32.2. The third kappa shape index (κ3) is 4.15. The van der Waals surface area contributed by atoms with E-state index in [0.29, 0.717) is 11.5 Å². The summed E-state index contributed by atoms with van der Waals surface area (Å²) >= 11 is 0. The minimum absolute atomic E-state index is 0.106. The maximum atomic E-state index is 12.8. The fourth-order valence-corrected chi connectivity index (χ4v) is 5.69. The standard InChI is InChI=1S/C24H28N2O3S/c1-4-13-26-24(18-7-11-21(29-3)12-8-18)22-16-30(27)15-19(23(22)25-26)14-17-5-9-20(28-2)10-6-17/h5-12,14,22,24H,4,13,15-16H2,1-3H3/b19-14+. The summed E-state index contributed by atoms with van der Waals surface area (Å²) in [6.07, 6.45) is 3.14. The molecule has 6 heteroatoms. The van der Waals surface area contributed by atoms with E-state index in [1.807, 2.05) is 36.4 Å². The van der Waals surface area contributed by atoms with E-state index in [0.717, 1.165) is 41.3 Å². The lowest BCUT2D eigenvalue weighted by Crippen LogP contribution is -2.35. The number of methoxy groups -OCH3 is 2. The molecule has 5 nitrogen and oxygen atoms in total. The number of hydrogen-bond acceptors (Lipinski definition) is 5. The van der Waals surface area contributed by atoms with Gasteiger partial charge in [0.1, 0.15) is 11.5 Å². The molecule has 2 aromatic carbocycles. The molecule has 0 spiro atoms. The van der Waals surface area contributed by atoms with Crippen molar-refractivity contribution in [3.05, 3.63) is 65.2 Å². The average molecular weight is 425 g/mol. The zero-order valence-electron chi connectivity index (χ0n) is 17.7. The molecule has 4 rings (SSSR count). The number of nitrogens with zero attached hydrogens (tertiary/aromatic N) is 2. The molecule has 30 heavy (non-hydrogen) atoms. The van der Waals surface area contributed by atoms with Crippen LogP contribution in [0.1, 0.15) is 30.5 Å². The van der Waals surface area contributed by atoms with Crippen LogP contribution < -0.4 is 9.47 Å². The van der Waals surface area contributed by atoms with Gasteiger partial charge in [0.15, 0.2) is 0 Å². The molecule has 0 aromatic heterocycles. The van der Waals surface area contributed by atoms with Gasteiger partial charge in [-0.25, -0.2) is 0 Å². The van der Waals surface area contributed by atoms with Gasteiger partial charge in [0.05, 0.1) is 31.7 Å². The van der Waals surface area contributed by atoms with E-state index in [2.05, 4.69) is 30.1 Å². The van der Waals surface area contributed by atoms with Gasteiger partial charge in [-0.2, -0.15) is 5.10 Å². The number of hydrogen-bond donors (Lipinski definition) is 0. The van der Waals surface area contributed by atoms with Crippen molar-refractivity contribution in [1.82, 2.24) is 5.01 Å². The Kier molecular flexibility index (Phi) is 6.23. The summed E-state index contributed by atoms with van der Waals surface area (Å²) in [5, 5.41) is 7.22. The molecule has 2 aliphatic rings. The van der Waals surface area contributed by atoms with E-state index in [1.165, 1.54) is 5.56 Å². The average Bonchev–Trinajstić information content (AvgIpc) is 3.12. The van der Waals surface area contributed by atoms with E-state index in [1.54, 1.807) is 14.2 Å². The Balaban J connectivity index is 1.69. The highest BCUT2D eigenvalue weighted by Gasteiger charge is 2.43. The first kappa shape index (κ1) is 20.7. The number of ether oxygens (including phenoxy) is 2. The summed E-state index contributed by atoms with van der Waals surface area (Å²) in [6.45, 7) is 3.04. The molecule has 0 N–H and O–H groups in total. The molecular weight excluding hydrogens is 396 g/mol. The second kappa shape index (κ2) is 9.04. The van der Waals surface area contributed by atoms with E-state index in [9.17, 15) is 4.21 Å². The van der Waals surface area contributed by atoms with E-state index >= 15 is 0 Å². The van der Waals surface area contributed by atoms with Crippen LogP contribution in [0.15, 0.2) is 59.2 Å². The lowest BCUT2D eigenvalue weighted by Gasteiger charge is -2.30. The topological polar surface area (TPSA) is 51.1 Å². The molecule has 0 aliphatic carbocycles. The van der Waals surface area contributed by atoms with Crippen LogP contribution in [0, 0.1) is 5.92 Å². The van der Waals surface area contributed by atoms with Crippen LogP contribution >= 0.6 is 0 Å². The Morgan fingerprint density at radius 2 is 1.70 bits per heavy atom. The van der Waals surface area contributed by atoms with Crippen LogP contribution in [0.5, 0.6) is 11.5 Å². The summed E-state index contributed by atoms with van der Waals surface area (Å²) in [4.78, 5) is 0. The zero-order valence-corrected chi connectivity index (χ0v) is 18.5. The lowest BCUT2D eigenvalue weighted by atomic mass is 9.87. The Labute approximate surface area is 180 Å². The molecule has 2 aromatic rings. The van der Waals surface area contributed by atoms with Gasteiger partial charge in [0.2, 0.25) is 0 Å². The quantitative estimate of drug-likeness (QED) is 0.694. The van der Waals surface area contributed by atoms with E-state index < -0.39 is 10.8 Å². The van der Waals surface area contributed by atoms with Crippen LogP contribution in [-0.2, 0) is 10.8 Å². The first-order chi connectivity index (χ1) is 14.6. The van der Waals surface area contributed by atoms with Gasteiger partial charge in [-0.15, -0.1) is 0 Å². The number of benzene rings is 2. The van der Waals surface area contributed by atoms with E-state index in [-0.39, 0.29) is 12.0 Å². The van der Waals surface area contributed by atoms with Crippen molar-refractivity contribution in [3.63, 3.8) is 0 Å². The zero-order chi connectivity index (χ0) is 21.1. The third-order valence-corrected chi connectivity index (χ3v) is 7.03. The van der Waals surface area contributed by atoms with Crippen molar-refractivity contribution in [2.75, 3.05) is 32.3 Å². The molecule has 0 amide bonds. The van der Waals surface area contributed by atoms with Crippen molar-refractivity contribution in [2.24, 2.45) is 11.0 Å². The molecule has 2 aliphatic heterocycles. The Morgan fingerprint density at radius 1 is 1.07 bits per heavy atom. The SMILES string of the molecule is CCCN1N=C2/C(=C/c3ccc(OC)cc3)CS(=O)CC2C1c1ccc(OC)cc1. The summed E-state index contributed by atoms with van der Waals surface area (Å²) in [7, 11) is 2.44. The van der Waals surface area contributed by atoms with Gasteiger partial charge in [-0.3, -0.25) is 9.22 Å². The second-order valence-corrected chi connectivity index (χ2v) is 9.17.